The topological polar surface area (TPSA) is 21.3 Å². The van der Waals surface area contributed by atoms with Crippen molar-refractivity contribution in [3.8, 4) is 0 Å². The van der Waals surface area contributed by atoms with Crippen molar-refractivity contribution in [2.45, 2.75) is 57.6 Å². The molecule has 1 N–H and O–H groups in total. The third kappa shape index (κ3) is 4.24. The molecule has 1 heterocycles. The summed E-state index contributed by atoms with van der Waals surface area (Å²) in [6.45, 7) is 5.91. The van der Waals surface area contributed by atoms with Crippen molar-refractivity contribution in [1.29, 1.82) is 0 Å². The molecule has 1 aliphatic rings. The molecule has 2 rings (SSSR count). The van der Waals surface area contributed by atoms with Gasteiger partial charge in [0.05, 0.1) is 5.60 Å². The number of nitrogens with one attached hydrogen (secondary N) is 1. The Labute approximate surface area is 125 Å². The van der Waals surface area contributed by atoms with E-state index in [9.17, 15) is 8.78 Å². The maximum atomic E-state index is 13.4. The first-order chi connectivity index (χ1) is 10.0. The maximum Gasteiger partial charge on any atom is 0.159 e. The van der Waals surface area contributed by atoms with Gasteiger partial charge in [-0.1, -0.05) is 13.0 Å². The number of ether oxygens (including phenoxy) is 1. The Morgan fingerprint density at radius 2 is 2.10 bits per heavy atom. The van der Waals surface area contributed by atoms with E-state index < -0.39 is 11.6 Å². The van der Waals surface area contributed by atoms with E-state index in [-0.39, 0.29) is 11.6 Å². The Hall–Kier alpha value is -1.00. The van der Waals surface area contributed by atoms with Crippen molar-refractivity contribution in [3.05, 3.63) is 35.4 Å². The van der Waals surface area contributed by atoms with E-state index in [1.54, 1.807) is 6.07 Å². The van der Waals surface area contributed by atoms with Gasteiger partial charge in [-0.3, -0.25) is 0 Å². The van der Waals surface area contributed by atoms with Gasteiger partial charge in [-0.2, -0.15) is 0 Å². The second-order valence-corrected chi connectivity index (χ2v) is 6.08. The summed E-state index contributed by atoms with van der Waals surface area (Å²) in [7, 11) is 0. The van der Waals surface area contributed by atoms with Crippen molar-refractivity contribution in [2.75, 3.05) is 13.2 Å². The smallest absolute Gasteiger partial charge is 0.159 e. The van der Waals surface area contributed by atoms with Gasteiger partial charge in [0.1, 0.15) is 0 Å². The minimum atomic E-state index is -0.794. The molecule has 0 aliphatic carbocycles. The number of rotatable bonds is 6. The number of benzene rings is 1. The van der Waals surface area contributed by atoms with E-state index in [1.165, 1.54) is 12.1 Å². The van der Waals surface area contributed by atoms with Crippen LogP contribution in [0.25, 0.3) is 0 Å². The van der Waals surface area contributed by atoms with Crippen molar-refractivity contribution in [1.82, 2.24) is 5.32 Å². The van der Waals surface area contributed by atoms with Crippen LogP contribution in [-0.2, 0) is 11.2 Å². The molecule has 0 spiro atoms. The van der Waals surface area contributed by atoms with Crippen LogP contribution in [0.1, 0.15) is 45.1 Å². The molecule has 0 radical (unpaired) electrons. The van der Waals surface area contributed by atoms with Crippen LogP contribution < -0.4 is 5.32 Å². The molecule has 1 aliphatic heterocycles. The van der Waals surface area contributed by atoms with E-state index in [4.69, 9.17) is 4.74 Å². The lowest BCUT2D eigenvalue weighted by atomic mass is 9.84. The summed E-state index contributed by atoms with van der Waals surface area (Å²) in [6.07, 6.45) is 4.93. The minimum absolute atomic E-state index is 0.114. The average molecular weight is 297 g/mol. The lowest BCUT2D eigenvalue weighted by Gasteiger charge is -2.41. The monoisotopic (exact) mass is 297 g/mol. The fraction of sp³-hybridized carbons (Fsp3) is 0.647. The summed E-state index contributed by atoms with van der Waals surface area (Å²) in [5, 5.41) is 3.52. The highest BCUT2D eigenvalue weighted by Gasteiger charge is 2.36. The predicted octanol–water partition coefficient (Wildman–Crippen LogP) is 3.83. The first kappa shape index (κ1) is 16.4. The standard InChI is InChI=1S/C17H25F2NO/c1-3-9-20-16(17(2)8-4-5-10-21-17)12-13-6-7-14(18)15(19)11-13/h6-7,11,16,20H,3-5,8-10,12H2,1-2H3. The summed E-state index contributed by atoms with van der Waals surface area (Å²) in [6, 6.07) is 4.27. The Morgan fingerprint density at radius 3 is 2.71 bits per heavy atom. The lowest BCUT2D eigenvalue weighted by molar-refractivity contribution is -0.0883. The molecule has 21 heavy (non-hydrogen) atoms. The molecule has 0 amide bonds. The molecule has 1 fully saturated rings. The van der Waals surface area contributed by atoms with Crippen molar-refractivity contribution in [2.24, 2.45) is 0 Å². The molecular formula is C17H25F2NO. The Morgan fingerprint density at radius 1 is 1.29 bits per heavy atom. The third-order valence-electron chi connectivity index (χ3n) is 4.30. The highest BCUT2D eigenvalue weighted by atomic mass is 19.2. The van der Waals surface area contributed by atoms with Gasteiger partial charge < -0.3 is 10.1 Å². The van der Waals surface area contributed by atoms with Crippen molar-refractivity contribution >= 4 is 0 Å². The van der Waals surface area contributed by atoms with Crippen LogP contribution in [0, 0.1) is 11.6 Å². The molecule has 2 atom stereocenters. The van der Waals surface area contributed by atoms with Crippen LogP contribution in [-0.4, -0.2) is 24.8 Å². The SMILES string of the molecule is CCCNC(Cc1ccc(F)c(F)c1)C1(C)CCCCO1. The summed E-state index contributed by atoms with van der Waals surface area (Å²) in [5.41, 5.74) is 0.566. The second kappa shape index (κ2) is 7.32. The molecule has 4 heteroatoms. The summed E-state index contributed by atoms with van der Waals surface area (Å²) in [4.78, 5) is 0. The molecule has 1 aromatic rings. The summed E-state index contributed by atoms with van der Waals surface area (Å²) >= 11 is 0. The zero-order valence-corrected chi connectivity index (χ0v) is 12.9. The molecule has 0 aromatic heterocycles. The normalized spacial score (nSPS) is 24.0. The number of halogens is 2. The van der Waals surface area contributed by atoms with Crippen LogP contribution >= 0.6 is 0 Å². The summed E-state index contributed by atoms with van der Waals surface area (Å²) in [5.74, 6) is -1.58. The van der Waals surface area contributed by atoms with Gasteiger partial charge in [0.2, 0.25) is 0 Å². The fourth-order valence-corrected chi connectivity index (χ4v) is 2.96. The van der Waals surface area contributed by atoms with Crippen LogP contribution in [0.4, 0.5) is 8.78 Å². The first-order valence-corrected chi connectivity index (χ1v) is 7.86. The maximum absolute atomic E-state index is 13.4. The molecule has 0 bridgehead atoms. The second-order valence-electron chi connectivity index (χ2n) is 6.08. The van der Waals surface area contributed by atoms with Crippen molar-refractivity contribution < 1.29 is 13.5 Å². The number of hydrogen-bond acceptors (Lipinski definition) is 2. The van der Waals surface area contributed by atoms with Gasteiger partial charge in [-0.05, 0) is 63.3 Å². The van der Waals surface area contributed by atoms with E-state index >= 15 is 0 Å². The van der Waals surface area contributed by atoms with Crippen molar-refractivity contribution in [3.63, 3.8) is 0 Å². The van der Waals surface area contributed by atoms with Crippen LogP contribution in [0.3, 0.4) is 0 Å². The highest BCUT2D eigenvalue weighted by Crippen LogP contribution is 2.30. The molecule has 0 saturated carbocycles. The third-order valence-corrected chi connectivity index (χ3v) is 4.30. The van der Waals surface area contributed by atoms with E-state index in [2.05, 4.69) is 19.2 Å². The van der Waals surface area contributed by atoms with Crippen LogP contribution in [0.15, 0.2) is 18.2 Å². The number of hydrogen-bond donors (Lipinski definition) is 1. The van der Waals surface area contributed by atoms with E-state index in [0.717, 1.165) is 44.4 Å². The molecule has 2 unspecified atom stereocenters. The van der Waals surface area contributed by atoms with Gasteiger partial charge in [0.15, 0.2) is 11.6 Å². The Bertz CT molecular complexity index is 458. The Kier molecular flexibility index (Phi) is 5.71. The highest BCUT2D eigenvalue weighted by molar-refractivity contribution is 5.20. The Balaban J connectivity index is 2.13. The summed E-state index contributed by atoms with van der Waals surface area (Å²) < 4.78 is 32.5. The molecular weight excluding hydrogens is 272 g/mol. The minimum Gasteiger partial charge on any atom is -0.374 e. The lowest BCUT2D eigenvalue weighted by Crippen LogP contribution is -2.53. The quantitative estimate of drug-likeness (QED) is 0.861. The van der Waals surface area contributed by atoms with Gasteiger partial charge in [0, 0.05) is 12.6 Å². The fourth-order valence-electron chi connectivity index (χ4n) is 2.96. The molecule has 118 valence electrons. The molecule has 2 nitrogen and oxygen atoms in total. The van der Waals surface area contributed by atoms with Gasteiger partial charge in [-0.15, -0.1) is 0 Å². The van der Waals surface area contributed by atoms with E-state index in [1.807, 2.05) is 0 Å². The zero-order valence-electron chi connectivity index (χ0n) is 12.9. The molecule has 1 saturated heterocycles. The van der Waals surface area contributed by atoms with Crippen LogP contribution in [0.5, 0.6) is 0 Å². The first-order valence-electron chi connectivity index (χ1n) is 7.86. The predicted molar refractivity (Wildman–Crippen MR) is 80.4 cm³/mol. The van der Waals surface area contributed by atoms with Gasteiger partial charge in [-0.25, -0.2) is 8.78 Å². The van der Waals surface area contributed by atoms with Gasteiger partial charge in [0.25, 0.3) is 0 Å². The van der Waals surface area contributed by atoms with Gasteiger partial charge >= 0.3 is 0 Å². The molecule has 1 aromatic carbocycles. The van der Waals surface area contributed by atoms with Crippen LogP contribution in [0.2, 0.25) is 0 Å². The zero-order chi connectivity index (χ0) is 15.3. The van der Waals surface area contributed by atoms with E-state index in [0.29, 0.717) is 6.42 Å². The average Bonchev–Trinajstić information content (AvgIpc) is 2.47. The largest absolute Gasteiger partial charge is 0.374 e.